The lowest BCUT2D eigenvalue weighted by Gasteiger charge is -2.12. The van der Waals surface area contributed by atoms with Crippen molar-refractivity contribution in [2.24, 2.45) is 7.05 Å². The number of hydrogen-bond donors (Lipinski definition) is 3. The first-order valence-corrected chi connectivity index (χ1v) is 14.3. The van der Waals surface area contributed by atoms with Gasteiger partial charge in [-0.1, -0.05) is 23.9 Å². The highest BCUT2D eigenvalue weighted by molar-refractivity contribution is 8.25. The molecule has 4 aromatic heterocycles. The first-order valence-electron chi connectivity index (χ1n) is 12.0. The normalized spacial score (nSPS) is 12.1. The van der Waals surface area contributed by atoms with Gasteiger partial charge >= 0.3 is 0 Å². The monoisotopic (exact) mass is 526 g/mol. The van der Waals surface area contributed by atoms with Gasteiger partial charge in [0.25, 0.3) is 0 Å². The van der Waals surface area contributed by atoms with Crippen LogP contribution in [0.3, 0.4) is 0 Å². The number of halogens is 1. The van der Waals surface area contributed by atoms with Crippen LogP contribution in [0.2, 0.25) is 0 Å². The molecule has 10 heteroatoms. The van der Waals surface area contributed by atoms with Crippen LogP contribution in [0.4, 0.5) is 4.39 Å². The lowest BCUT2D eigenvalue weighted by molar-refractivity contribution is 0.625. The van der Waals surface area contributed by atoms with Gasteiger partial charge in [-0.3, -0.25) is 14.8 Å². The molecule has 0 aliphatic carbocycles. The van der Waals surface area contributed by atoms with Crippen LogP contribution in [-0.2, 0) is 13.6 Å². The quantitative estimate of drug-likeness (QED) is 0.255. The minimum atomic E-state index is -1.42. The molecular weight excluding hydrogens is 499 g/mol. The van der Waals surface area contributed by atoms with Crippen molar-refractivity contribution in [2.45, 2.75) is 13.5 Å². The molecule has 0 aliphatic rings. The number of benzene rings is 2. The fraction of sp³-hybridized carbons (Fsp3) is 0.143. The highest BCUT2D eigenvalue weighted by atomic mass is 32.2. The third-order valence-corrected chi connectivity index (χ3v) is 7.40. The molecule has 6 rings (SSSR count). The van der Waals surface area contributed by atoms with Crippen molar-refractivity contribution in [3.05, 3.63) is 72.1 Å². The third kappa shape index (κ3) is 4.37. The van der Waals surface area contributed by atoms with Crippen LogP contribution >= 0.6 is 9.39 Å². The summed E-state index contributed by atoms with van der Waals surface area (Å²) in [4.78, 5) is 17.3. The standard InChI is InChI=1S/C28H27FN8S/c1-16-30-15-25(37(16)2)23-12-21-24(14-31-23)35-36-27(21)28-33-22-8-6-7-20(26(22)34-28)18-9-17(10-19(29)11-18)13-32-38(3,4)5/h6-12,14-15,32H,3-4,13H2,1-2,5H3,(H,33,34)(H,35,36). The van der Waals surface area contributed by atoms with Crippen molar-refractivity contribution in [2.75, 3.05) is 6.26 Å². The second-order valence-electron chi connectivity index (χ2n) is 9.67. The Labute approximate surface area is 219 Å². The van der Waals surface area contributed by atoms with Crippen molar-refractivity contribution in [1.82, 2.24) is 39.4 Å². The summed E-state index contributed by atoms with van der Waals surface area (Å²) >= 11 is 0. The molecule has 0 saturated heterocycles. The Bertz CT molecular complexity index is 1940. The van der Waals surface area contributed by atoms with Gasteiger partial charge in [0.1, 0.15) is 17.3 Å². The second-order valence-corrected chi connectivity index (χ2v) is 12.5. The van der Waals surface area contributed by atoms with Gasteiger partial charge in [-0.05, 0) is 54.6 Å². The minimum absolute atomic E-state index is 0.305. The Morgan fingerprint density at radius 2 is 1.92 bits per heavy atom. The van der Waals surface area contributed by atoms with Crippen LogP contribution in [0.25, 0.3) is 56.0 Å². The summed E-state index contributed by atoms with van der Waals surface area (Å²) in [5.74, 6) is 9.30. The van der Waals surface area contributed by atoms with E-state index in [4.69, 9.17) is 4.98 Å². The van der Waals surface area contributed by atoms with E-state index in [9.17, 15) is 4.39 Å². The van der Waals surface area contributed by atoms with Crippen molar-refractivity contribution in [3.8, 4) is 34.0 Å². The van der Waals surface area contributed by atoms with Crippen LogP contribution in [-0.4, -0.2) is 52.7 Å². The fourth-order valence-corrected chi connectivity index (χ4v) is 5.04. The number of aryl methyl sites for hydroxylation is 1. The van der Waals surface area contributed by atoms with Gasteiger partial charge in [0.05, 0.1) is 40.3 Å². The molecule has 0 fully saturated rings. The molecule has 0 unspecified atom stereocenters. The molecule has 0 amide bonds. The summed E-state index contributed by atoms with van der Waals surface area (Å²) in [6.07, 6.45) is 5.54. The Morgan fingerprint density at radius 1 is 1.08 bits per heavy atom. The SMILES string of the molecule is C=S(=C)(C)NCc1cc(F)cc(-c2cccc3[nH]c(-c4n[nH]c5cnc(-c6cnc(C)n6C)cc45)nc23)c1. The Balaban J connectivity index is 1.44. The van der Waals surface area contributed by atoms with Crippen LogP contribution < -0.4 is 4.72 Å². The topological polar surface area (TPSA) is 100 Å². The number of rotatable bonds is 6. The number of pyridine rings is 1. The molecule has 0 bridgehead atoms. The van der Waals surface area contributed by atoms with Gasteiger partial charge in [-0.15, -0.1) is 0 Å². The van der Waals surface area contributed by atoms with Crippen LogP contribution in [0.1, 0.15) is 11.4 Å². The molecule has 0 atom stereocenters. The van der Waals surface area contributed by atoms with Gasteiger partial charge in [-0.25, -0.2) is 14.4 Å². The number of aromatic nitrogens is 7. The van der Waals surface area contributed by atoms with E-state index in [-0.39, 0.29) is 5.82 Å². The lowest BCUT2D eigenvalue weighted by Crippen LogP contribution is -2.08. The van der Waals surface area contributed by atoms with E-state index < -0.39 is 9.39 Å². The van der Waals surface area contributed by atoms with Crippen LogP contribution in [0, 0.1) is 12.7 Å². The fourth-order valence-electron chi connectivity index (χ4n) is 4.52. The second kappa shape index (κ2) is 8.93. The van der Waals surface area contributed by atoms with E-state index in [1.807, 2.05) is 61.3 Å². The molecule has 6 aromatic rings. The number of H-pyrrole nitrogens is 2. The molecule has 38 heavy (non-hydrogen) atoms. The number of fused-ring (bicyclic) bond motifs is 2. The summed E-state index contributed by atoms with van der Waals surface area (Å²) in [6, 6.07) is 12.9. The van der Waals surface area contributed by atoms with Crippen LogP contribution in [0.15, 0.2) is 54.9 Å². The summed E-state index contributed by atoms with van der Waals surface area (Å²) in [7, 11) is 0.547. The molecule has 4 heterocycles. The smallest absolute Gasteiger partial charge is 0.159 e. The van der Waals surface area contributed by atoms with Crippen LogP contribution in [0.5, 0.6) is 0 Å². The van der Waals surface area contributed by atoms with E-state index in [0.29, 0.717) is 18.1 Å². The van der Waals surface area contributed by atoms with E-state index in [0.717, 1.165) is 55.8 Å². The average molecular weight is 527 g/mol. The number of hydrogen-bond acceptors (Lipinski definition) is 5. The van der Waals surface area contributed by atoms with E-state index in [1.165, 1.54) is 12.1 Å². The maximum Gasteiger partial charge on any atom is 0.159 e. The molecule has 3 N–H and O–H groups in total. The third-order valence-electron chi connectivity index (χ3n) is 6.56. The highest BCUT2D eigenvalue weighted by Gasteiger charge is 2.17. The lowest BCUT2D eigenvalue weighted by atomic mass is 10.0. The van der Waals surface area contributed by atoms with Crippen molar-refractivity contribution >= 4 is 43.1 Å². The predicted molar refractivity (Wildman–Crippen MR) is 156 cm³/mol. The van der Waals surface area contributed by atoms with Gasteiger partial charge in [0.2, 0.25) is 0 Å². The highest BCUT2D eigenvalue weighted by Crippen LogP contribution is 2.33. The molecule has 0 spiro atoms. The number of para-hydroxylation sites is 1. The average Bonchev–Trinajstić information content (AvgIpc) is 3.58. The van der Waals surface area contributed by atoms with E-state index >= 15 is 0 Å². The van der Waals surface area contributed by atoms with Gasteiger partial charge < -0.3 is 9.55 Å². The van der Waals surface area contributed by atoms with E-state index in [1.54, 1.807) is 6.20 Å². The zero-order valence-corrected chi connectivity index (χ0v) is 22.2. The van der Waals surface area contributed by atoms with E-state index in [2.05, 4.69) is 41.6 Å². The van der Waals surface area contributed by atoms with Crippen molar-refractivity contribution in [3.63, 3.8) is 0 Å². The van der Waals surface area contributed by atoms with Crippen molar-refractivity contribution in [1.29, 1.82) is 0 Å². The Kier molecular flexibility index (Phi) is 5.66. The molecular formula is C28H27FN8S. The summed E-state index contributed by atoms with van der Waals surface area (Å²) in [6.45, 7) is 2.44. The number of imidazole rings is 2. The van der Waals surface area contributed by atoms with Gasteiger partial charge in [0, 0.05) is 24.5 Å². The number of nitrogens with zero attached hydrogens (tertiary/aromatic N) is 5. The molecule has 0 radical (unpaired) electrons. The number of nitrogens with one attached hydrogen (secondary N) is 3. The molecule has 2 aromatic carbocycles. The first-order chi connectivity index (χ1) is 18.2. The zero-order chi connectivity index (χ0) is 26.6. The largest absolute Gasteiger partial charge is 0.337 e. The maximum atomic E-state index is 14.6. The maximum absolute atomic E-state index is 14.6. The minimum Gasteiger partial charge on any atom is -0.337 e. The summed E-state index contributed by atoms with van der Waals surface area (Å²) in [5, 5.41) is 8.49. The Hall–Kier alpha value is -4.28. The van der Waals surface area contributed by atoms with Gasteiger partial charge in [-0.2, -0.15) is 14.5 Å². The molecule has 0 aliphatic heterocycles. The molecule has 8 nitrogen and oxygen atoms in total. The molecule has 0 saturated carbocycles. The summed E-state index contributed by atoms with van der Waals surface area (Å²) < 4.78 is 19.9. The molecule has 192 valence electrons. The van der Waals surface area contributed by atoms with Gasteiger partial charge in [0.15, 0.2) is 5.82 Å². The predicted octanol–water partition coefficient (Wildman–Crippen LogP) is 5.32. The van der Waals surface area contributed by atoms with Crippen molar-refractivity contribution < 1.29 is 4.39 Å². The zero-order valence-electron chi connectivity index (χ0n) is 21.3. The first kappa shape index (κ1) is 24.1. The summed E-state index contributed by atoms with van der Waals surface area (Å²) in [5.41, 5.74) is 7.17. The number of aromatic amines is 2. The Morgan fingerprint density at radius 3 is 2.68 bits per heavy atom.